The van der Waals surface area contributed by atoms with Gasteiger partial charge in [-0.2, -0.15) is 0 Å². The first-order valence-electron chi connectivity index (χ1n) is 7.81. The summed E-state index contributed by atoms with van der Waals surface area (Å²) in [5.41, 5.74) is 1.92. The van der Waals surface area contributed by atoms with Crippen molar-refractivity contribution in [3.05, 3.63) is 65.5 Å². The van der Waals surface area contributed by atoms with Gasteiger partial charge in [0.05, 0.1) is 12.2 Å². The van der Waals surface area contributed by atoms with Gasteiger partial charge in [-0.25, -0.2) is 13.5 Å². The summed E-state index contributed by atoms with van der Waals surface area (Å²) in [6.07, 6.45) is 1.44. The van der Waals surface area contributed by atoms with Crippen LogP contribution in [-0.2, 0) is 4.79 Å². The number of aryl methyl sites for hydroxylation is 1. The van der Waals surface area contributed by atoms with E-state index < -0.39 is 23.4 Å². The molecule has 1 aromatic heterocycles. The van der Waals surface area contributed by atoms with Crippen LogP contribution in [0.25, 0.3) is 5.69 Å². The van der Waals surface area contributed by atoms with E-state index in [0.29, 0.717) is 11.3 Å². The van der Waals surface area contributed by atoms with Crippen molar-refractivity contribution in [2.45, 2.75) is 6.92 Å². The van der Waals surface area contributed by atoms with E-state index in [1.165, 1.54) is 17.1 Å². The molecule has 0 radical (unpaired) electrons. The molecule has 0 fully saturated rings. The predicted octanol–water partition coefficient (Wildman–Crippen LogP) is 1.62. The Morgan fingerprint density at radius 2 is 1.93 bits per heavy atom. The number of hydrogen-bond donors (Lipinski definition) is 2. The van der Waals surface area contributed by atoms with Crippen LogP contribution in [0.2, 0.25) is 0 Å². The smallest absolute Gasteiger partial charge is 0.251 e. The van der Waals surface area contributed by atoms with Crippen LogP contribution in [0, 0.1) is 18.6 Å². The number of anilines is 1. The predicted molar refractivity (Wildman–Crippen MR) is 91.2 cm³/mol. The molecule has 0 saturated heterocycles. The first-order chi connectivity index (χ1) is 12.9. The van der Waals surface area contributed by atoms with Crippen molar-refractivity contribution >= 4 is 17.5 Å². The van der Waals surface area contributed by atoms with E-state index in [4.69, 9.17) is 0 Å². The minimum absolute atomic E-state index is 0.0924. The molecule has 0 aliphatic rings. The van der Waals surface area contributed by atoms with Crippen molar-refractivity contribution in [1.82, 2.24) is 25.5 Å². The number of rotatable bonds is 5. The lowest BCUT2D eigenvalue weighted by Gasteiger charge is -2.09. The summed E-state index contributed by atoms with van der Waals surface area (Å²) in [5.74, 6) is -3.12. The summed E-state index contributed by atoms with van der Waals surface area (Å²) in [4.78, 5) is 24.1. The summed E-state index contributed by atoms with van der Waals surface area (Å²) >= 11 is 0. The van der Waals surface area contributed by atoms with Crippen molar-refractivity contribution in [1.29, 1.82) is 0 Å². The zero-order chi connectivity index (χ0) is 19.4. The molecule has 8 nitrogen and oxygen atoms in total. The highest BCUT2D eigenvalue weighted by atomic mass is 19.2. The zero-order valence-corrected chi connectivity index (χ0v) is 14.1. The van der Waals surface area contributed by atoms with Crippen molar-refractivity contribution in [3.8, 4) is 5.69 Å². The molecule has 2 N–H and O–H groups in total. The number of nitrogens with zero attached hydrogens (tertiary/aromatic N) is 4. The standard InChI is InChI=1S/C17H14F2N6O2/c1-10-6-11(2-5-15(10)25-9-21-23-24-25)17(27)20-8-16(26)22-12-3-4-13(18)14(19)7-12/h2-7,9H,8H2,1H3,(H,20,27)(H,22,26). The largest absolute Gasteiger partial charge is 0.343 e. The van der Waals surface area contributed by atoms with Crippen LogP contribution in [-0.4, -0.2) is 38.6 Å². The number of amides is 2. The molecule has 138 valence electrons. The molecule has 2 aromatic carbocycles. The highest BCUT2D eigenvalue weighted by molar-refractivity contribution is 5.99. The van der Waals surface area contributed by atoms with Gasteiger partial charge in [-0.3, -0.25) is 9.59 Å². The summed E-state index contributed by atoms with van der Waals surface area (Å²) in [5, 5.41) is 15.7. The van der Waals surface area contributed by atoms with E-state index in [1.807, 2.05) is 0 Å². The van der Waals surface area contributed by atoms with Crippen LogP contribution in [0.5, 0.6) is 0 Å². The van der Waals surface area contributed by atoms with E-state index >= 15 is 0 Å². The highest BCUT2D eigenvalue weighted by Gasteiger charge is 2.12. The maximum absolute atomic E-state index is 13.1. The number of benzene rings is 2. The summed E-state index contributed by atoms with van der Waals surface area (Å²) in [6.45, 7) is 1.47. The summed E-state index contributed by atoms with van der Waals surface area (Å²) in [6, 6.07) is 7.88. The topological polar surface area (TPSA) is 102 Å². The van der Waals surface area contributed by atoms with Gasteiger partial charge in [0.25, 0.3) is 5.91 Å². The molecule has 0 bridgehead atoms. The molecule has 0 aliphatic heterocycles. The second-order valence-electron chi connectivity index (χ2n) is 5.62. The number of hydrogen-bond acceptors (Lipinski definition) is 5. The lowest BCUT2D eigenvalue weighted by atomic mass is 10.1. The van der Waals surface area contributed by atoms with Gasteiger partial charge in [0, 0.05) is 17.3 Å². The quantitative estimate of drug-likeness (QED) is 0.709. The number of carbonyl (C=O) groups excluding carboxylic acids is 2. The molecule has 10 heteroatoms. The van der Waals surface area contributed by atoms with Crippen molar-refractivity contribution in [2.75, 3.05) is 11.9 Å². The number of nitrogens with one attached hydrogen (secondary N) is 2. The molecule has 0 saturated carbocycles. The van der Waals surface area contributed by atoms with Crippen LogP contribution in [0.1, 0.15) is 15.9 Å². The Bertz CT molecular complexity index is 991. The average molecular weight is 372 g/mol. The van der Waals surface area contributed by atoms with Crippen LogP contribution >= 0.6 is 0 Å². The monoisotopic (exact) mass is 372 g/mol. The molecule has 1 heterocycles. The van der Waals surface area contributed by atoms with Gasteiger partial charge in [-0.15, -0.1) is 5.10 Å². The SMILES string of the molecule is Cc1cc(C(=O)NCC(=O)Nc2ccc(F)c(F)c2)ccc1-n1cnnn1. The van der Waals surface area contributed by atoms with E-state index in [0.717, 1.165) is 17.7 Å². The Labute approximate surface area is 152 Å². The fraction of sp³-hybridized carbons (Fsp3) is 0.118. The average Bonchev–Trinajstić information content (AvgIpc) is 3.17. The molecule has 0 spiro atoms. The van der Waals surface area contributed by atoms with Crippen molar-refractivity contribution < 1.29 is 18.4 Å². The Hall–Kier alpha value is -3.69. The third-order valence-electron chi connectivity index (χ3n) is 3.67. The molecule has 3 aromatic rings. The van der Waals surface area contributed by atoms with Gasteiger partial charge >= 0.3 is 0 Å². The van der Waals surface area contributed by atoms with E-state index in [2.05, 4.69) is 26.2 Å². The zero-order valence-electron chi connectivity index (χ0n) is 14.1. The van der Waals surface area contributed by atoms with Gasteiger partial charge in [0.2, 0.25) is 5.91 Å². The molecule has 0 unspecified atom stereocenters. The van der Waals surface area contributed by atoms with Crippen LogP contribution in [0.3, 0.4) is 0 Å². The van der Waals surface area contributed by atoms with E-state index in [9.17, 15) is 18.4 Å². The molecular formula is C17H14F2N6O2. The first-order valence-corrected chi connectivity index (χ1v) is 7.81. The number of carbonyl (C=O) groups is 2. The highest BCUT2D eigenvalue weighted by Crippen LogP contribution is 2.15. The number of tetrazole rings is 1. The molecule has 2 amide bonds. The third kappa shape index (κ3) is 4.29. The lowest BCUT2D eigenvalue weighted by Crippen LogP contribution is -2.32. The Morgan fingerprint density at radius 1 is 1.11 bits per heavy atom. The van der Waals surface area contributed by atoms with E-state index in [1.54, 1.807) is 25.1 Å². The minimum Gasteiger partial charge on any atom is -0.343 e. The summed E-state index contributed by atoms with van der Waals surface area (Å²) in [7, 11) is 0. The van der Waals surface area contributed by atoms with Gasteiger partial charge in [0.1, 0.15) is 6.33 Å². The molecule has 0 aliphatic carbocycles. The molecular weight excluding hydrogens is 358 g/mol. The van der Waals surface area contributed by atoms with Gasteiger partial charge in [0.15, 0.2) is 11.6 Å². The maximum atomic E-state index is 13.1. The third-order valence-corrected chi connectivity index (χ3v) is 3.67. The minimum atomic E-state index is -1.07. The van der Waals surface area contributed by atoms with Crippen molar-refractivity contribution in [2.24, 2.45) is 0 Å². The fourth-order valence-electron chi connectivity index (χ4n) is 2.37. The van der Waals surface area contributed by atoms with Crippen LogP contribution in [0.15, 0.2) is 42.7 Å². The fourth-order valence-corrected chi connectivity index (χ4v) is 2.37. The van der Waals surface area contributed by atoms with Gasteiger partial charge in [-0.1, -0.05) is 0 Å². The Morgan fingerprint density at radius 3 is 2.59 bits per heavy atom. The Kier molecular flexibility index (Phi) is 5.15. The molecule has 27 heavy (non-hydrogen) atoms. The Balaban J connectivity index is 1.59. The number of aromatic nitrogens is 4. The normalized spacial score (nSPS) is 10.5. The van der Waals surface area contributed by atoms with Gasteiger partial charge < -0.3 is 10.6 Å². The summed E-state index contributed by atoms with van der Waals surface area (Å²) < 4.78 is 27.5. The molecule has 0 atom stereocenters. The lowest BCUT2D eigenvalue weighted by molar-refractivity contribution is -0.115. The van der Waals surface area contributed by atoms with Crippen molar-refractivity contribution in [3.63, 3.8) is 0 Å². The van der Waals surface area contributed by atoms with Gasteiger partial charge in [-0.05, 0) is 53.2 Å². The second kappa shape index (κ2) is 7.68. The number of halogens is 2. The van der Waals surface area contributed by atoms with Crippen LogP contribution in [0.4, 0.5) is 14.5 Å². The second-order valence-corrected chi connectivity index (χ2v) is 5.62. The van der Waals surface area contributed by atoms with Crippen LogP contribution < -0.4 is 10.6 Å². The maximum Gasteiger partial charge on any atom is 0.251 e. The molecule has 3 rings (SSSR count). The first kappa shape index (κ1) is 18.1. The van der Waals surface area contributed by atoms with E-state index in [-0.39, 0.29) is 12.2 Å².